The lowest BCUT2D eigenvalue weighted by Crippen LogP contribution is -2.35. The minimum atomic E-state index is -5.23. The van der Waals surface area contributed by atoms with E-state index in [1.807, 2.05) is 0 Å². The van der Waals surface area contributed by atoms with Gasteiger partial charge in [0.15, 0.2) is 0 Å². The Morgan fingerprint density at radius 3 is 2.21 bits per heavy atom. The molecule has 0 radical (unpaired) electrons. The second kappa shape index (κ2) is 7.76. The zero-order chi connectivity index (χ0) is 22.0. The molecule has 0 unspecified atom stereocenters. The molecular weight excluding hydrogens is 452 g/mol. The number of nitrogens with zero attached hydrogens (tertiary/aromatic N) is 2. The van der Waals surface area contributed by atoms with E-state index in [2.05, 4.69) is 14.7 Å². The maximum absolute atomic E-state index is 13.3. The summed E-state index contributed by atoms with van der Waals surface area (Å²) in [5, 5.41) is 1.54. The first-order chi connectivity index (χ1) is 13.2. The predicted molar refractivity (Wildman–Crippen MR) is 84.3 cm³/mol. The van der Waals surface area contributed by atoms with Crippen molar-refractivity contribution in [2.45, 2.75) is 16.2 Å². The summed E-state index contributed by atoms with van der Waals surface area (Å²) in [4.78, 5) is 15.7. The van der Waals surface area contributed by atoms with Crippen molar-refractivity contribution in [1.82, 2.24) is 14.7 Å². The molecule has 158 valence electrons. The highest BCUT2D eigenvalue weighted by atomic mass is 32.2. The van der Waals surface area contributed by atoms with E-state index in [1.165, 1.54) is 4.72 Å². The molecule has 0 aliphatic carbocycles. The number of nitrogens with one attached hydrogen (secondary N) is 2. The fourth-order valence-corrected chi connectivity index (χ4v) is 4.03. The van der Waals surface area contributed by atoms with Crippen LogP contribution in [-0.4, -0.2) is 43.7 Å². The maximum atomic E-state index is 13.3. The smallest absolute Gasteiger partial charge is 0.388 e. The van der Waals surface area contributed by atoms with Crippen molar-refractivity contribution >= 4 is 32.1 Å². The second-order valence-electron chi connectivity index (χ2n) is 4.88. The van der Waals surface area contributed by atoms with Crippen molar-refractivity contribution in [2.24, 2.45) is 0 Å². The van der Waals surface area contributed by atoms with Gasteiger partial charge in [0.05, 0.1) is 6.07 Å². The number of benzene rings is 1. The van der Waals surface area contributed by atoms with Crippen molar-refractivity contribution in [3.63, 3.8) is 0 Å². The highest BCUT2D eigenvalue weighted by Gasteiger charge is 2.32. The lowest BCUT2D eigenvalue weighted by atomic mass is 10.4. The summed E-state index contributed by atoms with van der Waals surface area (Å²) < 4.78 is 110. The normalized spacial score (nSPS) is 12.3. The number of ether oxygens (including phenoxy) is 1. The maximum Gasteiger partial charge on any atom is 0.574 e. The third-order valence-electron chi connectivity index (χ3n) is 2.76. The van der Waals surface area contributed by atoms with E-state index in [1.54, 1.807) is 5.32 Å². The van der Waals surface area contributed by atoms with E-state index in [0.717, 1.165) is 24.3 Å². The third-order valence-corrected chi connectivity index (χ3v) is 5.19. The Morgan fingerprint density at radius 1 is 1.07 bits per heavy atom. The number of carbonyl (C=O) groups is 1. The van der Waals surface area contributed by atoms with E-state index in [4.69, 9.17) is 4.55 Å². The Morgan fingerprint density at radius 2 is 1.66 bits per heavy atom. The monoisotopic (exact) mass is 460 g/mol. The van der Waals surface area contributed by atoms with Crippen LogP contribution in [0.4, 0.5) is 28.3 Å². The summed E-state index contributed by atoms with van der Waals surface area (Å²) in [7, 11) is -9.89. The average molecular weight is 460 g/mol. The summed E-state index contributed by atoms with van der Waals surface area (Å²) in [5.74, 6) is -3.98. The molecule has 2 aromatic rings. The van der Waals surface area contributed by atoms with Crippen LogP contribution in [-0.2, 0) is 20.1 Å². The van der Waals surface area contributed by atoms with E-state index in [-0.39, 0.29) is 6.07 Å². The molecule has 0 saturated heterocycles. The van der Waals surface area contributed by atoms with E-state index in [0.29, 0.717) is 0 Å². The second-order valence-corrected chi connectivity index (χ2v) is 7.92. The van der Waals surface area contributed by atoms with Gasteiger partial charge in [0.2, 0.25) is 17.8 Å². The van der Waals surface area contributed by atoms with Gasteiger partial charge in [-0.25, -0.2) is 17.9 Å². The zero-order valence-corrected chi connectivity index (χ0v) is 15.1. The number of rotatable bonds is 5. The molecule has 0 aliphatic rings. The zero-order valence-electron chi connectivity index (χ0n) is 13.5. The summed E-state index contributed by atoms with van der Waals surface area (Å²) in [6, 6.07) is 2.11. The first-order valence-corrected chi connectivity index (χ1v) is 9.80. The molecule has 29 heavy (non-hydrogen) atoms. The quantitative estimate of drug-likeness (QED) is 0.338. The fourth-order valence-electron chi connectivity index (χ4n) is 1.81. The molecule has 17 heteroatoms. The van der Waals surface area contributed by atoms with Gasteiger partial charge in [0.25, 0.3) is 20.1 Å². The number of urea groups is 1. The van der Waals surface area contributed by atoms with Crippen LogP contribution in [0.5, 0.6) is 5.88 Å². The first kappa shape index (κ1) is 22.2. The number of amides is 2. The number of anilines is 1. The molecule has 11 nitrogen and oxygen atoms in total. The lowest BCUT2D eigenvalue weighted by Gasteiger charge is -2.11. The summed E-state index contributed by atoms with van der Waals surface area (Å²) in [6.07, 6.45) is -5.23. The number of halogens is 4. The Balaban J connectivity index is 2.26. The minimum Gasteiger partial charge on any atom is -0.388 e. The standard InChI is InChI=1S/C12H8F4N4O7S2/c13-8-5-9(27-12(14,15)16)18-10(17-8)19-11(21)20-28(22,23)6-3-1-2-4-7(6)29(24,25)26/h1-5H,(H,24,25,26)(H2,17,18,19,20,21). The molecule has 1 aromatic carbocycles. The molecule has 0 fully saturated rings. The lowest BCUT2D eigenvalue weighted by molar-refractivity contribution is -0.276. The van der Waals surface area contributed by atoms with Crippen LogP contribution in [0.25, 0.3) is 0 Å². The molecule has 3 N–H and O–H groups in total. The van der Waals surface area contributed by atoms with Crippen LogP contribution in [0.3, 0.4) is 0 Å². The van der Waals surface area contributed by atoms with Gasteiger partial charge >= 0.3 is 12.4 Å². The summed E-state index contributed by atoms with van der Waals surface area (Å²) in [5.41, 5.74) is 0. The van der Waals surface area contributed by atoms with Crippen LogP contribution in [0.1, 0.15) is 0 Å². The molecule has 2 amide bonds. The van der Waals surface area contributed by atoms with Gasteiger partial charge in [-0.3, -0.25) is 9.87 Å². The number of carbonyl (C=O) groups excluding carboxylic acids is 1. The van der Waals surface area contributed by atoms with Crippen molar-refractivity contribution < 1.29 is 48.5 Å². The Kier molecular flexibility index (Phi) is 5.95. The van der Waals surface area contributed by atoms with E-state index >= 15 is 0 Å². The number of aromatic nitrogens is 2. The summed E-state index contributed by atoms with van der Waals surface area (Å²) >= 11 is 0. The van der Waals surface area contributed by atoms with Gasteiger partial charge in [0.1, 0.15) is 9.79 Å². The number of sulfonamides is 1. The highest BCUT2D eigenvalue weighted by Crippen LogP contribution is 2.22. The fraction of sp³-hybridized carbons (Fsp3) is 0.0833. The predicted octanol–water partition coefficient (Wildman–Crippen LogP) is 1.27. The third kappa shape index (κ3) is 6.22. The molecule has 0 aliphatic heterocycles. The van der Waals surface area contributed by atoms with Crippen LogP contribution >= 0.6 is 0 Å². The SMILES string of the molecule is O=C(Nc1nc(F)cc(OC(F)(F)F)n1)NS(=O)(=O)c1ccccc1S(=O)(=O)O. The van der Waals surface area contributed by atoms with Crippen molar-refractivity contribution in [3.05, 3.63) is 36.3 Å². The van der Waals surface area contributed by atoms with Crippen LogP contribution in [0.15, 0.2) is 40.1 Å². The van der Waals surface area contributed by atoms with Crippen LogP contribution in [0, 0.1) is 5.95 Å². The summed E-state index contributed by atoms with van der Waals surface area (Å²) in [6.45, 7) is 0. The minimum absolute atomic E-state index is 0.148. The largest absolute Gasteiger partial charge is 0.574 e. The van der Waals surface area contributed by atoms with Gasteiger partial charge in [-0.05, 0) is 12.1 Å². The van der Waals surface area contributed by atoms with Crippen LogP contribution < -0.4 is 14.8 Å². The molecular formula is C12H8F4N4O7S2. The van der Waals surface area contributed by atoms with Gasteiger partial charge in [0, 0.05) is 0 Å². The molecule has 2 rings (SSSR count). The van der Waals surface area contributed by atoms with Gasteiger partial charge < -0.3 is 4.74 Å². The van der Waals surface area contributed by atoms with Gasteiger partial charge in [-0.15, -0.1) is 13.2 Å². The number of hydrogen-bond acceptors (Lipinski definition) is 8. The molecule has 0 bridgehead atoms. The molecule has 0 spiro atoms. The molecule has 1 heterocycles. The van der Waals surface area contributed by atoms with Crippen LogP contribution in [0.2, 0.25) is 0 Å². The van der Waals surface area contributed by atoms with Crippen molar-refractivity contribution in [1.29, 1.82) is 0 Å². The highest BCUT2D eigenvalue weighted by molar-refractivity contribution is 7.91. The topological polar surface area (TPSA) is 165 Å². The average Bonchev–Trinajstić information content (AvgIpc) is 2.51. The number of alkyl halides is 3. The molecule has 1 aromatic heterocycles. The Labute approximate surface area is 159 Å². The number of hydrogen-bond donors (Lipinski definition) is 3. The molecule has 0 saturated carbocycles. The van der Waals surface area contributed by atoms with E-state index < -0.39 is 60.1 Å². The molecule has 0 atom stereocenters. The van der Waals surface area contributed by atoms with Crippen molar-refractivity contribution in [2.75, 3.05) is 5.32 Å². The van der Waals surface area contributed by atoms with Crippen molar-refractivity contribution in [3.8, 4) is 5.88 Å². The Hall–Kier alpha value is -3.05. The van der Waals surface area contributed by atoms with E-state index in [9.17, 15) is 39.2 Å². The Bertz CT molecular complexity index is 1150. The first-order valence-electron chi connectivity index (χ1n) is 6.88. The van der Waals surface area contributed by atoms with Gasteiger partial charge in [-0.1, -0.05) is 12.1 Å². The van der Waals surface area contributed by atoms with Gasteiger partial charge in [-0.2, -0.15) is 22.8 Å².